The van der Waals surface area contributed by atoms with Gasteiger partial charge in [-0.1, -0.05) is 19.4 Å². The van der Waals surface area contributed by atoms with Gasteiger partial charge in [0.1, 0.15) is 11.9 Å². The number of carbonyl (C=O) groups excluding carboxylic acids is 2. The number of nitrogens with one attached hydrogen (secondary N) is 2. The molecular weight excluding hydrogens is 385 g/mol. The van der Waals surface area contributed by atoms with Gasteiger partial charge < -0.3 is 10.6 Å². The lowest BCUT2D eigenvalue weighted by atomic mass is 10.0. The monoisotopic (exact) mass is 413 g/mol. The van der Waals surface area contributed by atoms with E-state index in [2.05, 4.69) is 10.6 Å². The highest BCUT2D eigenvalue weighted by atomic mass is 32.2. The van der Waals surface area contributed by atoms with Crippen molar-refractivity contribution < 1.29 is 22.4 Å². The Balaban J connectivity index is 1.85. The molecular formula is C19H28FN3O4S. The van der Waals surface area contributed by atoms with Crippen LogP contribution in [-0.2, 0) is 14.8 Å². The van der Waals surface area contributed by atoms with E-state index in [4.69, 9.17) is 0 Å². The Morgan fingerprint density at radius 2 is 1.93 bits per heavy atom. The van der Waals surface area contributed by atoms with Gasteiger partial charge in [-0.2, -0.15) is 4.31 Å². The molecule has 1 fully saturated rings. The van der Waals surface area contributed by atoms with Crippen molar-refractivity contribution in [3.05, 3.63) is 35.1 Å². The highest BCUT2D eigenvalue weighted by Gasteiger charge is 2.35. The van der Waals surface area contributed by atoms with Gasteiger partial charge in [0.25, 0.3) is 5.91 Å². The van der Waals surface area contributed by atoms with E-state index < -0.39 is 27.8 Å². The summed E-state index contributed by atoms with van der Waals surface area (Å²) in [6.07, 6.45) is 2.53. The Bertz CT molecular complexity index is 813. The normalized spacial score (nSPS) is 17.9. The zero-order chi connectivity index (χ0) is 20.7. The molecule has 1 aliphatic heterocycles. The minimum absolute atomic E-state index is 0.0277. The maximum atomic E-state index is 13.5. The molecule has 1 aromatic rings. The van der Waals surface area contributed by atoms with Gasteiger partial charge in [0.15, 0.2) is 0 Å². The maximum absolute atomic E-state index is 13.5. The fraction of sp³-hybridized carbons (Fsp3) is 0.579. The van der Waals surface area contributed by atoms with Gasteiger partial charge in [-0.25, -0.2) is 12.8 Å². The number of benzene rings is 1. The zero-order valence-corrected chi connectivity index (χ0v) is 17.1. The fourth-order valence-electron chi connectivity index (χ4n) is 3.19. The predicted octanol–water partition coefficient (Wildman–Crippen LogP) is 1.57. The molecule has 0 bridgehead atoms. The van der Waals surface area contributed by atoms with Crippen molar-refractivity contribution >= 4 is 21.8 Å². The van der Waals surface area contributed by atoms with Crippen LogP contribution in [-0.4, -0.2) is 56.0 Å². The summed E-state index contributed by atoms with van der Waals surface area (Å²) < 4.78 is 39.6. The second-order valence-electron chi connectivity index (χ2n) is 6.95. The second kappa shape index (κ2) is 9.97. The number of aryl methyl sites for hydroxylation is 1. The SMILES string of the molecule is CCCS(=O)(=O)N1CCCCC1C(=O)NCCNC(=O)c1ccc(C)c(F)c1. The Labute approximate surface area is 165 Å². The number of halogens is 1. The van der Waals surface area contributed by atoms with Crippen molar-refractivity contribution in [1.82, 2.24) is 14.9 Å². The summed E-state index contributed by atoms with van der Waals surface area (Å²) in [6.45, 7) is 4.09. The summed E-state index contributed by atoms with van der Waals surface area (Å²) in [5, 5.41) is 5.30. The molecule has 1 saturated heterocycles. The molecule has 9 heteroatoms. The third kappa shape index (κ3) is 5.75. The summed E-state index contributed by atoms with van der Waals surface area (Å²) >= 11 is 0. The molecule has 156 valence electrons. The first-order valence-corrected chi connectivity index (χ1v) is 11.2. The lowest BCUT2D eigenvalue weighted by molar-refractivity contribution is -0.125. The largest absolute Gasteiger partial charge is 0.353 e. The number of sulfonamides is 1. The maximum Gasteiger partial charge on any atom is 0.251 e. The zero-order valence-electron chi connectivity index (χ0n) is 16.3. The van der Waals surface area contributed by atoms with Crippen molar-refractivity contribution in [3.63, 3.8) is 0 Å². The van der Waals surface area contributed by atoms with E-state index in [1.165, 1.54) is 22.5 Å². The quantitative estimate of drug-likeness (QED) is 0.633. The summed E-state index contributed by atoms with van der Waals surface area (Å²) in [5.41, 5.74) is 0.664. The summed E-state index contributed by atoms with van der Waals surface area (Å²) in [4.78, 5) is 24.5. The van der Waals surface area contributed by atoms with Gasteiger partial charge in [0.05, 0.1) is 5.75 Å². The van der Waals surface area contributed by atoms with Crippen molar-refractivity contribution in [2.45, 2.75) is 45.6 Å². The van der Waals surface area contributed by atoms with Gasteiger partial charge in [0, 0.05) is 25.2 Å². The number of carbonyl (C=O) groups is 2. The molecule has 2 N–H and O–H groups in total. The number of hydrogen-bond donors (Lipinski definition) is 2. The van der Waals surface area contributed by atoms with Crippen LogP contribution in [0.2, 0.25) is 0 Å². The Hall–Kier alpha value is -2.00. The highest BCUT2D eigenvalue weighted by Crippen LogP contribution is 2.21. The van der Waals surface area contributed by atoms with Gasteiger partial charge in [-0.3, -0.25) is 9.59 Å². The molecule has 0 spiro atoms. The molecule has 0 radical (unpaired) electrons. The molecule has 0 saturated carbocycles. The van der Waals surface area contributed by atoms with Crippen molar-refractivity contribution in [1.29, 1.82) is 0 Å². The van der Waals surface area contributed by atoms with Crippen molar-refractivity contribution in [2.75, 3.05) is 25.4 Å². The molecule has 1 aromatic carbocycles. The van der Waals surface area contributed by atoms with Crippen LogP contribution in [0.4, 0.5) is 4.39 Å². The van der Waals surface area contributed by atoms with E-state index >= 15 is 0 Å². The Morgan fingerprint density at radius 1 is 1.21 bits per heavy atom. The van der Waals surface area contributed by atoms with Crippen molar-refractivity contribution in [2.24, 2.45) is 0 Å². The van der Waals surface area contributed by atoms with Gasteiger partial charge in [-0.15, -0.1) is 0 Å². The third-order valence-electron chi connectivity index (χ3n) is 4.72. The molecule has 0 aliphatic carbocycles. The van der Waals surface area contributed by atoms with Crippen LogP contribution in [0.25, 0.3) is 0 Å². The molecule has 2 amide bonds. The molecule has 2 rings (SSSR count). The highest BCUT2D eigenvalue weighted by molar-refractivity contribution is 7.89. The van der Waals surface area contributed by atoms with Crippen LogP contribution < -0.4 is 10.6 Å². The van der Waals surface area contributed by atoms with Crippen molar-refractivity contribution in [3.8, 4) is 0 Å². The van der Waals surface area contributed by atoms with Crippen LogP contribution in [0.1, 0.15) is 48.5 Å². The van der Waals surface area contributed by atoms with E-state index in [1.54, 1.807) is 13.8 Å². The molecule has 1 aliphatic rings. The minimum Gasteiger partial charge on any atom is -0.353 e. The standard InChI is InChI=1S/C19H28FN3O4S/c1-3-12-28(26,27)23-11-5-4-6-17(23)19(25)22-10-9-21-18(24)15-8-7-14(2)16(20)13-15/h7-8,13,17H,3-6,9-12H2,1-2H3,(H,21,24)(H,22,25). The number of hydrogen-bond acceptors (Lipinski definition) is 4. The van der Waals surface area contributed by atoms with Crippen LogP contribution in [0.3, 0.4) is 0 Å². The minimum atomic E-state index is -3.45. The first kappa shape index (κ1) is 22.3. The van der Waals surface area contributed by atoms with E-state index in [0.29, 0.717) is 24.9 Å². The van der Waals surface area contributed by atoms with Crippen LogP contribution >= 0.6 is 0 Å². The molecule has 1 heterocycles. The first-order valence-electron chi connectivity index (χ1n) is 9.58. The smallest absolute Gasteiger partial charge is 0.251 e. The van der Waals surface area contributed by atoms with Crippen LogP contribution in [0, 0.1) is 12.7 Å². The molecule has 1 unspecified atom stereocenters. The summed E-state index contributed by atoms with van der Waals surface area (Å²) in [7, 11) is -3.45. The Morgan fingerprint density at radius 3 is 2.61 bits per heavy atom. The summed E-state index contributed by atoms with van der Waals surface area (Å²) in [6, 6.07) is 3.53. The first-order chi connectivity index (χ1) is 13.3. The number of amides is 2. The second-order valence-corrected chi connectivity index (χ2v) is 8.99. The average molecular weight is 414 g/mol. The predicted molar refractivity (Wildman–Crippen MR) is 105 cm³/mol. The molecule has 0 aromatic heterocycles. The van der Waals surface area contributed by atoms with Gasteiger partial charge in [0.2, 0.25) is 15.9 Å². The topological polar surface area (TPSA) is 95.6 Å². The lowest BCUT2D eigenvalue weighted by Gasteiger charge is -2.33. The number of rotatable bonds is 8. The molecule has 1 atom stereocenters. The van der Waals surface area contributed by atoms with E-state index in [1.807, 2.05) is 0 Å². The average Bonchev–Trinajstić information content (AvgIpc) is 2.67. The van der Waals surface area contributed by atoms with Crippen LogP contribution in [0.15, 0.2) is 18.2 Å². The number of nitrogens with zero attached hydrogens (tertiary/aromatic N) is 1. The fourth-order valence-corrected chi connectivity index (χ4v) is 4.94. The van der Waals surface area contributed by atoms with Gasteiger partial charge in [-0.05, 0) is 43.9 Å². The Kier molecular flexibility index (Phi) is 7.94. The van der Waals surface area contributed by atoms with E-state index in [-0.39, 0.29) is 30.3 Å². The lowest BCUT2D eigenvalue weighted by Crippen LogP contribution is -2.53. The third-order valence-corrected chi connectivity index (χ3v) is 6.80. The molecule has 28 heavy (non-hydrogen) atoms. The van der Waals surface area contributed by atoms with E-state index in [0.717, 1.165) is 12.8 Å². The van der Waals surface area contributed by atoms with Crippen LogP contribution in [0.5, 0.6) is 0 Å². The summed E-state index contributed by atoms with van der Waals surface area (Å²) in [5.74, 6) is -1.21. The van der Waals surface area contributed by atoms with E-state index in [9.17, 15) is 22.4 Å². The van der Waals surface area contributed by atoms with Gasteiger partial charge >= 0.3 is 0 Å². The number of piperidine rings is 1. The molecule has 7 nitrogen and oxygen atoms in total.